The van der Waals surface area contributed by atoms with E-state index in [-0.39, 0.29) is 5.78 Å². The summed E-state index contributed by atoms with van der Waals surface area (Å²) in [5.74, 6) is 0.213. The number of hydrogen-bond acceptors (Lipinski definition) is 2. The number of benzene rings is 1. The Morgan fingerprint density at radius 2 is 1.90 bits per heavy atom. The monoisotopic (exact) mass is 270 g/mol. The molecule has 0 saturated carbocycles. The number of hydrogen-bond donors (Lipinski definition) is 0. The first-order valence-electron chi connectivity index (χ1n) is 6.99. The molecular weight excluding hydrogens is 248 g/mol. The molecule has 0 aliphatic heterocycles. The van der Waals surface area contributed by atoms with E-state index in [9.17, 15) is 4.79 Å². The van der Waals surface area contributed by atoms with Crippen molar-refractivity contribution in [2.75, 3.05) is 0 Å². The molecule has 0 atom stereocenters. The van der Waals surface area contributed by atoms with E-state index in [0.717, 1.165) is 28.9 Å². The van der Waals surface area contributed by atoms with Crippen LogP contribution in [0.1, 0.15) is 44.9 Å². The third-order valence-corrected chi connectivity index (χ3v) is 3.94. The van der Waals surface area contributed by atoms with Crippen LogP contribution in [0, 0.1) is 27.7 Å². The zero-order valence-electron chi connectivity index (χ0n) is 12.9. The molecular formula is C17H22N2O. The van der Waals surface area contributed by atoms with Crippen LogP contribution in [0.5, 0.6) is 0 Å². The van der Waals surface area contributed by atoms with E-state index in [1.165, 1.54) is 11.1 Å². The average molecular weight is 270 g/mol. The predicted molar refractivity (Wildman–Crippen MR) is 81.2 cm³/mol. The Morgan fingerprint density at radius 1 is 1.20 bits per heavy atom. The van der Waals surface area contributed by atoms with Crippen LogP contribution in [-0.2, 0) is 13.5 Å². The number of Topliss-reactive ketones (excluding diaryl/α,β-unsaturated/α-hetero) is 1. The Bertz CT molecular complexity index is 653. The number of carbonyl (C=O) groups excluding carboxylic acids is 1. The van der Waals surface area contributed by atoms with Crippen molar-refractivity contribution in [1.82, 2.24) is 9.78 Å². The van der Waals surface area contributed by atoms with Crippen molar-refractivity contribution in [2.24, 2.45) is 7.05 Å². The molecule has 0 amide bonds. The zero-order chi connectivity index (χ0) is 14.9. The highest BCUT2D eigenvalue weighted by Crippen LogP contribution is 2.17. The number of carbonyl (C=O) groups is 1. The van der Waals surface area contributed by atoms with Gasteiger partial charge < -0.3 is 0 Å². The highest BCUT2D eigenvalue weighted by Gasteiger charge is 2.13. The molecule has 0 aliphatic carbocycles. The van der Waals surface area contributed by atoms with Gasteiger partial charge in [-0.15, -0.1) is 0 Å². The van der Waals surface area contributed by atoms with Gasteiger partial charge in [-0.05, 0) is 45.2 Å². The molecule has 2 aromatic rings. The Labute approximate surface area is 120 Å². The average Bonchev–Trinajstić information content (AvgIpc) is 2.61. The van der Waals surface area contributed by atoms with E-state index in [0.29, 0.717) is 6.42 Å². The Morgan fingerprint density at radius 3 is 2.45 bits per heavy atom. The third-order valence-electron chi connectivity index (χ3n) is 3.94. The van der Waals surface area contributed by atoms with E-state index in [1.54, 1.807) is 0 Å². The van der Waals surface area contributed by atoms with Gasteiger partial charge in [-0.3, -0.25) is 9.48 Å². The molecule has 106 valence electrons. The number of aromatic nitrogens is 2. The molecule has 0 saturated heterocycles. The SMILES string of the molecule is Cc1ccc(C(=O)CCc2c(C)nn(C)c2C)c(C)c1. The number of rotatable bonds is 4. The summed E-state index contributed by atoms with van der Waals surface area (Å²) >= 11 is 0. The van der Waals surface area contributed by atoms with Crippen LogP contribution >= 0.6 is 0 Å². The van der Waals surface area contributed by atoms with Gasteiger partial charge >= 0.3 is 0 Å². The van der Waals surface area contributed by atoms with Gasteiger partial charge in [0, 0.05) is 24.7 Å². The van der Waals surface area contributed by atoms with Gasteiger partial charge in [0.25, 0.3) is 0 Å². The topological polar surface area (TPSA) is 34.9 Å². The number of nitrogens with zero attached hydrogens (tertiary/aromatic N) is 2. The molecule has 20 heavy (non-hydrogen) atoms. The fourth-order valence-corrected chi connectivity index (χ4v) is 2.68. The van der Waals surface area contributed by atoms with Crippen molar-refractivity contribution >= 4 is 5.78 Å². The van der Waals surface area contributed by atoms with Crippen LogP contribution in [0.15, 0.2) is 18.2 Å². The molecule has 3 heteroatoms. The Kier molecular flexibility index (Phi) is 4.07. The summed E-state index contributed by atoms with van der Waals surface area (Å²) in [6, 6.07) is 6.00. The van der Waals surface area contributed by atoms with Crippen molar-refractivity contribution in [3.8, 4) is 0 Å². The minimum Gasteiger partial charge on any atom is -0.294 e. The van der Waals surface area contributed by atoms with Crippen molar-refractivity contribution in [2.45, 2.75) is 40.5 Å². The van der Waals surface area contributed by atoms with E-state index >= 15 is 0 Å². The molecule has 1 aromatic carbocycles. The number of aryl methyl sites for hydroxylation is 4. The molecule has 0 spiro atoms. The normalized spacial score (nSPS) is 10.8. The summed E-state index contributed by atoms with van der Waals surface area (Å²) in [5, 5.41) is 4.40. The van der Waals surface area contributed by atoms with Gasteiger partial charge in [-0.2, -0.15) is 5.10 Å². The summed E-state index contributed by atoms with van der Waals surface area (Å²) in [6.07, 6.45) is 1.30. The second-order valence-corrected chi connectivity index (χ2v) is 5.51. The lowest BCUT2D eigenvalue weighted by molar-refractivity contribution is 0.0982. The summed E-state index contributed by atoms with van der Waals surface area (Å²) < 4.78 is 1.88. The van der Waals surface area contributed by atoms with Crippen molar-refractivity contribution in [3.05, 3.63) is 51.8 Å². The predicted octanol–water partition coefficient (Wildman–Crippen LogP) is 3.47. The highest BCUT2D eigenvalue weighted by molar-refractivity contribution is 5.97. The molecule has 1 aromatic heterocycles. The van der Waals surface area contributed by atoms with Crippen LogP contribution < -0.4 is 0 Å². The molecule has 0 unspecified atom stereocenters. The maximum atomic E-state index is 12.4. The fraction of sp³-hybridized carbons (Fsp3) is 0.412. The summed E-state index contributed by atoms with van der Waals surface area (Å²) in [4.78, 5) is 12.4. The minimum absolute atomic E-state index is 0.213. The maximum Gasteiger partial charge on any atom is 0.163 e. The largest absolute Gasteiger partial charge is 0.294 e. The van der Waals surface area contributed by atoms with Gasteiger partial charge in [0.1, 0.15) is 0 Å². The van der Waals surface area contributed by atoms with Gasteiger partial charge in [0.2, 0.25) is 0 Å². The lowest BCUT2D eigenvalue weighted by Gasteiger charge is -2.06. The molecule has 0 bridgehead atoms. The molecule has 0 aliphatic rings. The van der Waals surface area contributed by atoms with Crippen LogP contribution in [0.3, 0.4) is 0 Å². The third kappa shape index (κ3) is 2.82. The molecule has 2 rings (SSSR count). The van der Waals surface area contributed by atoms with Crippen LogP contribution in [-0.4, -0.2) is 15.6 Å². The summed E-state index contributed by atoms with van der Waals surface area (Å²) in [5.41, 5.74) is 6.47. The van der Waals surface area contributed by atoms with E-state index in [4.69, 9.17) is 0 Å². The van der Waals surface area contributed by atoms with E-state index in [1.807, 2.05) is 44.6 Å². The minimum atomic E-state index is 0.213. The first-order valence-corrected chi connectivity index (χ1v) is 6.99. The molecule has 0 fully saturated rings. The van der Waals surface area contributed by atoms with E-state index < -0.39 is 0 Å². The quantitative estimate of drug-likeness (QED) is 0.797. The summed E-state index contributed by atoms with van der Waals surface area (Å²) in [7, 11) is 1.94. The van der Waals surface area contributed by atoms with Crippen LogP contribution in [0.4, 0.5) is 0 Å². The Hall–Kier alpha value is -1.90. The molecule has 0 radical (unpaired) electrons. The van der Waals surface area contributed by atoms with Crippen LogP contribution in [0.2, 0.25) is 0 Å². The van der Waals surface area contributed by atoms with Gasteiger partial charge in [0.05, 0.1) is 5.69 Å². The number of ketones is 1. The molecule has 1 heterocycles. The smallest absolute Gasteiger partial charge is 0.163 e. The second kappa shape index (κ2) is 5.61. The van der Waals surface area contributed by atoms with Gasteiger partial charge in [0.15, 0.2) is 5.78 Å². The second-order valence-electron chi connectivity index (χ2n) is 5.51. The zero-order valence-corrected chi connectivity index (χ0v) is 12.9. The van der Waals surface area contributed by atoms with Crippen molar-refractivity contribution in [3.63, 3.8) is 0 Å². The van der Waals surface area contributed by atoms with Crippen LogP contribution in [0.25, 0.3) is 0 Å². The van der Waals surface area contributed by atoms with Gasteiger partial charge in [-0.1, -0.05) is 23.8 Å². The van der Waals surface area contributed by atoms with Gasteiger partial charge in [-0.25, -0.2) is 0 Å². The fourth-order valence-electron chi connectivity index (χ4n) is 2.68. The molecule has 0 N–H and O–H groups in total. The lowest BCUT2D eigenvalue weighted by atomic mass is 9.97. The van der Waals surface area contributed by atoms with E-state index in [2.05, 4.69) is 18.1 Å². The maximum absolute atomic E-state index is 12.4. The lowest BCUT2D eigenvalue weighted by Crippen LogP contribution is -2.05. The Balaban J connectivity index is 2.12. The standard InChI is InChI=1S/C17H22N2O/c1-11-6-7-15(12(2)10-11)17(20)9-8-16-13(3)18-19(5)14(16)4/h6-7,10H,8-9H2,1-5H3. The molecule has 3 nitrogen and oxygen atoms in total. The first-order chi connectivity index (χ1) is 9.40. The first kappa shape index (κ1) is 14.5. The summed E-state index contributed by atoms with van der Waals surface area (Å²) in [6.45, 7) is 8.10. The van der Waals surface area contributed by atoms with Crippen molar-refractivity contribution < 1.29 is 4.79 Å². The van der Waals surface area contributed by atoms with Crippen molar-refractivity contribution in [1.29, 1.82) is 0 Å². The highest BCUT2D eigenvalue weighted by atomic mass is 16.1.